The summed E-state index contributed by atoms with van der Waals surface area (Å²) in [6, 6.07) is 0. The minimum atomic E-state index is -2.98. The first kappa shape index (κ1) is 16.0. The number of hydrogen-bond donors (Lipinski definition) is 1. The van der Waals surface area contributed by atoms with Gasteiger partial charge in [-0.25, -0.2) is 8.42 Å². The van der Waals surface area contributed by atoms with Gasteiger partial charge in [-0.15, -0.1) is 0 Å². The van der Waals surface area contributed by atoms with Gasteiger partial charge in [0, 0.05) is 11.9 Å². The zero-order valence-corrected chi connectivity index (χ0v) is 13.4. The molecule has 0 aromatic carbocycles. The second-order valence-electron chi connectivity index (χ2n) is 5.77. The van der Waals surface area contributed by atoms with Crippen molar-refractivity contribution in [2.45, 2.75) is 33.1 Å². The number of halogens is 1. The zero-order chi connectivity index (χ0) is 13.8. The monoisotopic (exact) mass is 339 g/mol. The third-order valence-corrected chi connectivity index (χ3v) is 5.66. The van der Waals surface area contributed by atoms with Crippen molar-refractivity contribution in [1.29, 1.82) is 0 Å². The molecule has 1 aliphatic rings. The molecule has 1 amide bonds. The summed E-state index contributed by atoms with van der Waals surface area (Å²) >= 11 is 3.39. The lowest BCUT2D eigenvalue weighted by molar-refractivity contribution is -0.124. The van der Waals surface area contributed by atoms with E-state index in [-0.39, 0.29) is 28.7 Å². The summed E-state index contributed by atoms with van der Waals surface area (Å²) < 4.78 is 22.6. The molecule has 0 saturated carbocycles. The lowest BCUT2D eigenvalue weighted by Gasteiger charge is -2.25. The van der Waals surface area contributed by atoms with E-state index in [0.29, 0.717) is 13.0 Å². The lowest BCUT2D eigenvalue weighted by Crippen LogP contribution is -2.38. The van der Waals surface area contributed by atoms with Crippen LogP contribution in [0.4, 0.5) is 0 Å². The molecule has 1 fully saturated rings. The molecule has 1 N–H and O–H groups in total. The average Bonchev–Trinajstić information content (AvgIpc) is 2.64. The first-order valence-corrected chi connectivity index (χ1v) is 9.24. The van der Waals surface area contributed by atoms with Gasteiger partial charge in [0.2, 0.25) is 5.91 Å². The molecule has 0 bridgehead atoms. The van der Waals surface area contributed by atoms with Gasteiger partial charge in [0.05, 0.1) is 17.4 Å². The van der Waals surface area contributed by atoms with Gasteiger partial charge < -0.3 is 5.32 Å². The highest BCUT2D eigenvalue weighted by atomic mass is 79.9. The molecule has 0 spiro atoms. The number of hydrogen-bond acceptors (Lipinski definition) is 3. The molecule has 6 heteroatoms. The van der Waals surface area contributed by atoms with Gasteiger partial charge in [-0.1, -0.05) is 29.8 Å². The van der Waals surface area contributed by atoms with Crippen molar-refractivity contribution < 1.29 is 13.2 Å². The molecule has 106 valence electrons. The van der Waals surface area contributed by atoms with Crippen LogP contribution in [0, 0.1) is 11.3 Å². The van der Waals surface area contributed by atoms with E-state index in [4.69, 9.17) is 0 Å². The van der Waals surface area contributed by atoms with Crippen molar-refractivity contribution in [1.82, 2.24) is 5.32 Å². The number of carbonyl (C=O) groups is 1. The highest BCUT2D eigenvalue weighted by Crippen LogP contribution is 2.23. The standard InChI is InChI=1S/C12H22BrNO3S/c1-12(2,5-3-6-13)9-14-11(15)10-4-7-18(16,17)8-10/h10H,3-9H2,1-2H3,(H,14,15). The van der Waals surface area contributed by atoms with Crippen LogP contribution >= 0.6 is 15.9 Å². The van der Waals surface area contributed by atoms with Crippen molar-refractivity contribution in [3.05, 3.63) is 0 Å². The number of rotatable bonds is 6. The van der Waals surface area contributed by atoms with E-state index in [0.717, 1.165) is 18.2 Å². The summed E-state index contributed by atoms with van der Waals surface area (Å²) in [7, 11) is -2.98. The van der Waals surface area contributed by atoms with E-state index in [2.05, 4.69) is 35.1 Å². The van der Waals surface area contributed by atoms with Crippen LogP contribution in [0.5, 0.6) is 0 Å². The highest BCUT2D eigenvalue weighted by molar-refractivity contribution is 9.09. The smallest absolute Gasteiger partial charge is 0.224 e. The number of amides is 1. The van der Waals surface area contributed by atoms with Gasteiger partial charge in [0.25, 0.3) is 0 Å². The Bertz CT molecular complexity index is 392. The molecule has 1 unspecified atom stereocenters. The number of alkyl halides is 1. The van der Waals surface area contributed by atoms with Crippen LogP contribution in [0.1, 0.15) is 33.1 Å². The minimum Gasteiger partial charge on any atom is -0.355 e. The van der Waals surface area contributed by atoms with Gasteiger partial charge in [-0.2, -0.15) is 0 Å². The zero-order valence-electron chi connectivity index (χ0n) is 11.0. The molecular weight excluding hydrogens is 318 g/mol. The maximum absolute atomic E-state index is 11.9. The van der Waals surface area contributed by atoms with Crippen molar-refractivity contribution in [2.24, 2.45) is 11.3 Å². The topological polar surface area (TPSA) is 63.2 Å². The van der Waals surface area contributed by atoms with Crippen LogP contribution in [-0.4, -0.2) is 37.7 Å². The van der Waals surface area contributed by atoms with Crippen LogP contribution < -0.4 is 5.32 Å². The Morgan fingerprint density at radius 1 is 1.44 bits per heavy atom. The van der Waals surface area contributed by atoms with Gasteiger partial charge in [-0.3, -0.25) is 4.79 Å². The van der Waals surface area contributed by atoms with Gasteiger partial charge >= 0.3 is 0 Å². The van der Waals surface area contributed by atoms with E-state index in [1.165, 1.54) is 0 Å². The number of nitrogens with one attached hydrogen (secondary N) is 1. The Balaban J connectivity index is 2.37. The average molecular weight is 340 g/mol. The van der Waals surface area contributed by atoms with E-state index in [1.54, 1.807) is 0 Å². The predicted octanol–water partition coefficient (Wildman–Crippen LogP) is 1.74. The Labute approximate surface area is 118 Å². The van der Waals surface area contributed by atoms with Gasteiger partial charge in [-0.05, 0) is 24.7 Å². The van der Waals surface area contributed by atoms with Gasteiger partial charge in [0.1, 0.15) is 0 Å². The first-order valence-electron chi connectivity index (χ1n) is 6.30. The predicted molar refractivity (Wildman–Crippen MR) is 76.6 cm³/mol. The summed E-state index contributed by atoms with van der Waals surface area (Å²) in [6.45, 7) is 4.83. The van der Waals surface area contributed by atoms with Crippen molar-refractivity contribution in [3.8, 4) is 0 Å². The van der Waals surface area contributed by atoms with Gasteiger partial charge in [0.15, 0.2) is 9.84 Å². The summed E-state index contributed by atoms with van der Waals surface area (Å²) in [6.07, 6.45) is 2.57. The van der Waals surface area contributed by atoms with Crippen LogP contribution in [0.2, 0.25) is 0 Å². The Morgan fingerprint density at radius 3 is 2.61 bits per heavy atom. The molecule has 1 atom stereocenters. The summed E-state index contributed by atoms with van der Waals surface area (Å²) in [5, 5.41) is 3.86. The third kappa shape index (κ3) is 5.26. The Hall–Kier alpha value is -0.100. The largest absolute Gasteiger partial charge is 0.355 e. The fraction of sp³-hybridized carbons (Fsp3) is 0.917. The van der Waals surface area contributed by atoms with Crippen LogP contribution in [0.25, 0.3) is 0 Å². The van der Waals surface area contributed by atoms with E-state index in [9.17, 15) is 13.2 Å². The summed E-state index contributed by atoms with van der Waals surface area (Å²) in [5.74, 6) is -0.288. The van der Waals surface area contributed by atoms with E-state index in [1.807, 2.05) is 0 Å². The minimum absolute atomic E-state index is 0.0145. The fourth-order valence-corrected chi connectivity index (χ4v) is 4.13. The second-order valence-corrected chi connectivity index (χ2v) is 8.80. The summed E-state index contributed by atoms with van der Waals surface area (Å²) in [4.78, 5) is 11.9. The molecule has 1 heterocycles. The molecule has 0 aliphatic carbocycles. The van der Waals surface area contributed by atoms with Crippen molar-refractivity contribution in [2.75, 3.05) is 23.4 Å². The van der Waals surface area contributed by atoms with Crippen LogP contribution in [0.3, 0.4) is 0 Å². The molecule has 1 rings (SSSR count). The molecular formula is C12H22BrNO3S. The quantitative estimate of drug-likeness (QED) is 0.749. The Kier molecular flexibility index (Phi) is 5.65. The molecule has 0 radical (unpaired) electrons. The molecule has 0 aromatic heterocycles. The fourth-order valence-electron chi connectivity index (χ4n) is 2.11. The molecule has 1 aliphatic heterocycles. The molecule has 0 aromatic rings. The third-order valence-electron chi connectivity index (χ3n) is 3.33. The molecule has 1 saturated heterocycles. The van der Waals surface area contributed by atoms with E-state index < -0.39 is 9.84 Å². The first-order chi connectivity index (χ1) is 8.26. The normalized spacial score (nSPS) is 22.9. The highest BCUT2D eigenvalue weighted by Gasteiger charge is 2.33. The second kappa shape index (κ2) is 6.37. The number of carbonyl (C=O) groups excluding carboxylic acids is 1. The molecule has 4 nitrogen and oxygen atoms in total. The van der Waals surface area contributed by atoms with Crippen LogP contribution in [0.15, 0.2) is 0 Å². The maximum atomic E-state index is 11.9. The SMILES string of the molecule is CC(C)(CCCBr)CNC(=O)C1CCS(=O)(=O)C1. The Morgan fingerprint density at radius 2 is 2.11 bits per heavy atom. The van der Waals surface area contributed by atoms with E-state index >= 15 is 0 Å². The van der Waals surface area contributed by atoms with Crippen molar-refractivity contribution in [3.63, 3.8) is 0 Å². The number of sulfone groups is 1. The summed E-state index contributed by atoms with van der Waals surface area (Å²) in [5.41, 5.74) is 0.0565. The lowest BCUT2D eigenvalue weighted by atomic mass is 9.88. The van der Waals surface area contributed by atoms with Crippen LogP contribution in [-0.2, 0) is 14.6 Å². The van der Waals surface area contributed by atoms with Crippen molar-refractivity contribution >= 4 is 31.7 Å². The molecule has 18 heavy (non-hydrogen) atoms. The maximum Gasteiger partial charge on any atom is 0.224 e.